The number of methoxy groups -OCH3 is 1. The van der Waals surface area contributed by atoms with Crippen molar-refractivity contribution in [3.05, 3.63) is 47.5 Å². The zero-order valence-electron chi connectivity index (χ0n) is 19.3. The maximum atomic E-state index is 13.0. The van der Waals surface area contributed by atoms with Crippen LogP contribution < -0.4 is 19.9 Å². The summed E-state index contributed by atoms with van der Waals surface area (Å²) in [4.78, 5) is 19.4. The molecule has 0 atom stereocenters. The minimum Gasteiger partial charge on any atom is -0.495 e. The quantitative estimate of drug-likeness (QED) is 0.688. The first-order valence-electron chi connectivity index (χ1n) is 10.7. The van der Waals surface area contributed by atoms with Crippen LogP contribution in [-0.2, 0) is 0 Å². The maximum Gasteiger partial charge on any atom is 0.255 e. The molecule has 0 saturated carbocycles. The fraction of sp³-hybridized carbons (Fsp3) is 0.458. The summed E-state index contributed by atoms with van der Waals surface area (Å²) in [6.07, 6.45) is 1.03. The van der Waals surface area contributed by atoms with E-state index in [0.717, 1.165) is 73.1 Å². The minimum atomic E-state index is 0. The molecular formula is C24H35ClN4O2. The Balaban J connectivity index is 0.00000341. The number of ether oxygens (including phenoxy) is 1. The van der Waals surface area contributed by atoms with Crippen molar-refractivity contribution in [2.45, 2.75) is 20.3 Å². The molecule has 7 heteroatoms. The number of amides is 1. The highest BCUT2D eigenvalue weighted by Gasteiger charge is 2.26. The first-order valence-corrected chi connectivity index (χ1v) is 10.7. The Bertz CT molecular complexity index is 880. The summed E-state index contributed by atoms with van der Waals surface area (Å²) in [7, 11) is 5.34. The van der Waals surface area contributed by atoms with E-state index >= 15 is 0 Å². The van der Waals surface area contributed by atoms with Crippen LogP contribution in [0.4, 0.5) is 17.1 Å². The summed E-state index contributed by atoms with van der Waals surface area (Å²) < 4.78 is 5.55. The van der Waals surface area contributed by atoms with Crippen LogP contribution >= 0.6 is 12.4 Å². The SMILES string of the molecule is CCCNc1cc(C)cc(C(=O)N(C)C)c1N1CCN(c2ccccc2OC)CC1.Cl. The second-order valence-electron chi connectivity index (χ2n) is 7.98. The minimum absolute atomic E-state index is 0. The first-order chi connectivity index (χ1) is 14.5. The van der Waals surface area contributed by atoms with Gasteiger partial charge in [0.15, 0.2) is 0 Å². The number of anilines is 3. The summed E-state index contributed by atoms with van der Waals surface area (Å²) in [5, 5.41) is 3.55. The smallest absolute Gasteiger partial charge is 0.255 e. The van der Waals surface area contributed by atoms with Gasteiger partial charge in [-0.15, -0.1) is 12.4 Å². The summed E-state index contributed by atoms with van der Waals surface area (Å²) >= 11 is 0. The van der Waals surface area contributed by atoms with Crippen molar-refractivity contribution in [3.63, 3.8) is 0 Å². The van der Waals surface area contributed by atoms with E-state index in [-0.39, 0.29) is 18.3 Å². The zero-order valence-corrected chi connectivity index (χ0v) is 20.1. The van der Waals surface area contributed by atoms with Crippen molar-refractivity contribution in [2.75, 3.05) is 69.0 Å². The van der Waals surface area contributed by atoms with Gasteiger partial charge in [-0.25, -0.2) is 0 Å². The normalized spacial score (nSPS) is 13.5. The molecule has 3 rings (SSSR count). The Morgan fingerprint density at radius 3 is 2.35 bits per heavy atom. The second-order valence-corrected chi connectivity index (χ2v) is 7.98. The van der Waals surface area contributed by atoms with Gasteiger partial charge in [-0.05, 0) is 43.2 Å². The average molecular weight is 447 g/mol. The van der Waals surface area contributed by atoms with Crippen LogP contribution in [0.1, 0.15) is 29.3 Å². The van der Waals surface area contributed by atoms with Crippen LogP contribution in [0.3, 0.4) is 0 Å². The molecule has 0 radical (unpaired) electrons. The van der Waals surface area contributed by atoms with E-state index in [4.69, 9.17) is 4.74 Å². The number of carbonyl (C=O) groups is 1. The van der Waals surface area contributed by atoms with E-state index in [9.17, 15) is 4.79 Å². The number of aryl methyl sites for hydroxylation is 1. The lowest BCUT2D eigenvalue weighted by atomic mass is 10.0. The number of piperazine rings is 1. The molecule has 0 bridgehead atoms. The van der Waals surface area contributed by atoms with Gasteiger partial charge in [-0.2, -0.15) is 0 Å². The van der Waals surface area contributed by atoms with Gasteiger partial charge in [0, 0.05) is 46.8 Å². The molecule has 1 N–H and O–H groups in total. The predicted molar refractivity (Wildman–Crippen MR) is 133 cm³/mol. The van der Waals surface area contributed by atoms with Gasteiger partial charge in [-0.3, -0.25) is 4.79 Å². The Kier molecular flexibility index (Phi) is 8.87. The van der Waals surface area contributed by atoms with Gasteiger partial charge < -0.3 is 24.8 Å². The molecule has 0 aliphatic carbocycles. The molecule has 1 fully saturated rings. The Hall–Kier alpha value is -2.60. The van der Waals surface area contributed by atoms with Crippen molar-refractivity contribution in [1.82, 2.24) is 4.90 Å². The molecular weight excluding hydrogens is 412 g/mol. The monoisotopic (exact) mass is 446 g/mol. The van der Waals surface area contributed by atoms with E-state index in [1.165, 1.54) is 0 Å². The highest BCUT2D eigenvalue weighted by Crippen LogP contribution is 2.35. The molecule has 1 aliphatic heterocycles. The Labute approximate surface area is 192 Å². The molecule has 1 saturated heterocycles. The van der Waals surface area contributed by atoms with Crippen LogP contribution in [0.2, 0.25) is 0 Å². The first kappa shape index (κ1) is 24.7. The van der Waals surface area contributed by atoms with Crippen molar-refractivity contribution in [1.29, 1.82) is 0 Å². The third kappa shape index (κ3) is 5.56. The number of rotatable bonds is 7. The highest BCUT2D eigenvalue weighted by atomic mass is 35.5. The number of nitrogens with one attached hydrogen (secondary N) is 1. The summed E-state index contributed by atoms with van der Waals surface area (Å²) in [6, 6.07) is 12.3. The number of benzene rings is 2. The van der Waals surface area contributed by atoms with E-state index in [1.54, 1.807) is 12.0 Å². The third-order valence-electron chi connectivity index (χ3n) is 5.48. The molecule has 0 aromatic heterocycles. The largest absolute Gasteiger partial charge is 0.495 e. The van der Waals surface area contributed by atoms with Crippen LogP contribution in [0.15, 0.2) is 36.4 Å². The van der Waals surface area contributed by atoms with Gasteiger partial charge in [0.05, 0.1) is 29.7 Å². The van der Waals surface area contributed by atoms with Gasteiger partial charge in [-0.1, -0.05) is 19.1 Å². The van der Waals surface area contributed by atoms with Crippen LogP contribution in [0, 0.1) is 6.92 Å². The predicted octanol–water partition coefficient (Wildman–Crippen LogP) is 4.28. The van der Waals surface area contributed by atoms with Crippen molar-refractivity contribution < 1.29 is 9.53 Å². The van der Waals surface area contributed by atoms with E-state index in [1.807, 2.05) is 45.3 Å². The van der Waals surface area contributed by atoms with Crippen LogP contribution in [-0.4, -0.2) is 64.7 Å². The van der Waals surface area contributed by atoms with Crippen molar-refractivity contribution >= 4 is 35.4 Å². The summed E-state index contributed by atoms with van der Waals surface area (Å²) in [5.41, 5.74) is 5.05. The lowest BCUT2D eigenvalue weighted by Crippen LogP contribution is -2.47. The third-order valence-corrected chi connectivity index (χ3v) is 5.48. The molecule has 31 heavy (non-hydrogen) atoms. The number of halogens is 1. The lowest BCUT2D eigenvalue weighted by molar-refractivity contribution is 0.0828. The number of nitrogens with zero attached hydrogens (tertiary/aromatic N) is 3. The van der Waals surface area contributed by atoms with E-state index < -0.39 is 0 Å². The van der Waals surface area contributed by atoms with Crippen LogP contribution in [0.25, 0.3) is 0 Å². The Morgan fingerprint density at radius 2 is 1.74 bits per heavy atom. The van der Waals surface area contributed by atoms with Crippen molar-refractivity contribution in [3.8, 4) is 5.75 Å². The number of para-hydroxylation sites is 2. The fourth-order valence-corrected chi connectivity index (χ4v) is 3.98. The highest BCUT2D eigenvalue weighted by molar-refractivity contribution is 6.03. The number of hydrogen-bond acceptors (Lipinski definition) is 5. The molecule has 0 unspecified atom stereocenters. The van der Waals surface area contributed by atoms with Crippen molar-refractivity contribution in [2.24, 2.45) is 0 Å². The lowest BCUT2D eigenvalue weighted by Gasteiger charge is -2.39. The van der Waals surface area contributed by atoms with Gasteiger partial charge >= 0.3 is 0 Å². The van der Waals surface area contributed by atoms with Crippen LogP contribution in [0.5, 0.6) is 5.75 Å². The summed E-state index contributed by atoms with van der Waals surface area (Å²) in [6.45, 7) is 8.51. The number of carbonyl (C=O) groups excluding carboxylic acids is 1. The summed E-state index contributed by atoms with van der Waals surface area (Å²) in [5.74, 6) is 0.940. The molecule has 0 spiro atoms. The maximum absolute atomic E-state index is 13.0. The number of hydrogen-bond donors (Lipinski definition) is 1. The van der Waals surface area contributed by atoms with Gasteiger partial charge in [0.2, 0.25) is 0 Å². The average Bonchev–Trinajstić information content (AvgIpc) is 2.76. The Morgan fingerprint density at radius 1 is 1.10 bits per heavy atom. The standard InChI is InChI=1S/C24H34N4O2.ClH/c1-6-11-25-20-17-18(2)16-19(24(29)26(3)4)23(20)28-14-12-27(13-15-28)21-9-7-8-10-22(21)30-5;/h7-10,16-17,25H,6,11-15H2,1-5H3;1H. The zero-order chi connectivity index (χ0) is 21.7. The molecule has 6 nitrogen and oxygen atoms in total. The molecule has 2 aromatic carbocycles. The topological polar surface area (TPSA) is 48.1 Å². The molecule has 1 amide bonds. The molecule has 1 heterocycles. The van der Waals surface area contributed by atoms with E-state index in [2.05, 4.69) is 34.2 Å². The molecule has 170 valence electrons. The van der Waals surface area contributed by atoms with E-state index in [0.29, 0.717) is 0 Å². The second kappa shape index (κ2) is 11.1. The van der Waals surface area contributed by atoms with Gasteiger partial charge in [0.25, 0.3) is 5.91 Å². The fourth-order valence-electron chi connectivity index (χ4n) is 3.98. The molecule has 1 aliphatic rings. The molecule has 2 aromatic rings. The van der Waals surface area contributed by atoms with Gasteiger partial charge in [0.1, 0.15) is 5.75 Å².